The zero-order valence-corrected chi connectivity index (χ0v) is 17.2. The van der Waals surface area contributed by atoms with Gasteiger partial charge in [0, 0.05) is 35.6 Å². The van der Waals surface area contributed by atoms with Gasteiger partial charge in [0.15, 0.2) is 5.13 Å². The van der Waals surface area contributed by atoms with Crippen LogP contribution in [0.4, 0.5) is 5.13 Å². The number of carbonyl (C=O) groups is 2. The Kier molecular flexibility index (Phi) is 5.97. The van der Waals surface area contributed by atoms with Gasteiger partial charge in [-0.1, -0.05) is 23.7 Å². The number of furan rings is 1. The van der Waals surface area contributed by atoms with Crippen molar-refractivity contribution in [1.29, 1.82) is 0 Å². The van der Waals surface area contributed by atoms with Gasteiger partial charge in [0.25, 0.3) is 5.91 Å². The van der Waals surface area contributed by atoms with Gasteiger partial charge in [0.05, 0.1) is 17.7 Å². The molecule has 0 unspecified atom stereocenters. The number of anilines is 1. The van der Waals surface area contributed by atoms with Crippen LogP contribution in [-0.4, -0.2) is 34.8 Å². The number of amides is 2. The van der Waals surface area contributed by atoms with E-state index in [1.807, 2.05) is 24.3 Å². The quantitative estimate of drug-likeness (QED) is 0.649. The number of carbonyl (C=O) groups excluding carboxylic acids is 2. The molecule has 1 aliphatic heterocycles. The van der Waals surface area contributed by atoms with Crippen molar-refractivity contribution in [3.8, 4) is 0 Å². The molecule has 3 heterocycles. The second-order valence-electron chi connectivity index (χ2n) is 7.03. The average molecular weight is 430 g/mol. The molecule has 2 aromatic heterocycles. The summed E-state index contributed by atoms with van der Waals surface area (Å²) < 4.78 is 4.99. The molecule has 1 aromatic carbocycles. The first-order valence-corrected chi connectivity index (χ1v) is 10.6. The van der Waals surface area contributed by atoms with Crippen LogP contribution >= 0.6 is 22.9 Å². The van der Waals surface area contributed by atoms with E-state index in [9.17, 15) is 9.59 Å². The van der Waals surface area contributed by atoms with Crippen molar-refractivity contribution in [1.82, 2.24) is 9.88 Å². The molecule has 2 amide bonds. The molecule has 1 saturated heterocycles. The maximum atomic E-state index is 12.7. The van der Waals surface area contributed by atoms with Gasteiger partial charge in [-0.2, -0.15) is 0 Å². The van der Waals surface area contributed by atoms with Crippen molar-refractivity contribution in [2.24, 2.45) is 5.92 Å². The Labute approximate surface area is 177 Å². The molecule has 0 aliphatic carbocycles. The average Bonchev–Trinajstić information content (AvgIpc) is 3.42. The van der Waals surface area contributed by atoms with Crippen LogP contribution in [0, 0.1) is 5.92 Å². The third-order valence-electron chi connectivity index (χ3n) is 4.92. The maximum Gasteiger partial charge on any atom is 0.257 e. The number of thiazole rings is 1. The summed E-state index contributed by atoms with van der Waals surface area (Å²) in [5.74, 6) is -0.443. The fraction of sp³-hybridized carbons (Fsp3) is 0.286. The number of piperidine rings is 1. The van der Waals surface area contributed by atoms with Crippen molar-refractivity contribution in [2.75, 3.05) is 18.4 Å². The van der Waals surface area contributed by atoms with Crippen molar-refractivity contribution >= 4 is 39.9 Å². The largest absolute Gasteiger partial charge is 0.472 e. The van der Waals surface area contributed by atoms with Crippen LogP contribution in [0.15, 0.2) is 53.5 Å². The molecule has 1 aliphatic rings. The van der Waals surface area contributed by atoms with E-state index >= 15 is 0 Å². The first kappa shape index (κ1) is 19.7. The SMILES string of the molecule is O=C(Nc1ncc(Cc2ccc(Cl)cc2)s1)[C@@H]1CCCN(C(=O)c2ccoc2)C1. The standard InChI is InChI=1S/C21H20ClN3O3S/c22-17-5-3-14(4-6-17)10-18-11-23-21(29-18)24-19(26)15-2-1-8-25(12-15)20(27)16-7-9-28-13-16/h3-7,9,11,13,15H,1-2,8,10,12H2,(H,23,24,26)/t15-/m1/s1. The Morgan fingerprint density at radius 2 is 2.10 bits per heavy atom. The summed E-state index contributed by atoms with van der Waals surface area (Å²) >= 11 is 7.38. The van der Waals surface area contributed by atoms with E-state index in [1.54, 1.807) is 17.2 Å². The van der Waals surface area contributed by atoms with Gasteiger partial charge in [-0.25, -0.2) is 4.98 Å². The normalized spacial score (nSPS) is 16.6. The number of hydrogen-bond acceptors (Lipinski definition) is 5. The number of halogens is 1. The Morgan fingerprint density at radius 1 is 1.28 bits per heavy atom. The molecule has 1 N–H and O–H groups in total. The first-order valence-electron chi connectivity index (χ1n) is 9.40. The lowest BCUT2D eigenvalue weighted by molar-refractivity contribution is -0.121. The molecule has 8 heteroatoms. The zero-order valence-electron chi connectivity index (χ0n) is 15.6. The summed E-state index contributed by atoms with van der Waals surface area (Å²) in [5.41, 5.74) is 1.65. The summed E-state index contributed by atoms with van der Waals surface area (Å²) in [4.78, 5) is 32.3. The predicted molar refractivity (Wildman–Crippen MR) is 112 cm³/mol. The Balaban J connectivity index is 1.34. The highest BCUT2D eigenvalue weighted by molar-refractivity contribution is 7.15. The lowest BCUT2D eigenvalue weighted by Crippen LogP contribution is -2.43. The molecular formula is C21H20ClN3O3S. The Morgan fingerprint density at radius 3 is 2.86 bits per heavy atom. The minimum absolute atomic E-state index is 0.0953. The van der Waals surface area contributed by atoms with Crippen LogP contribution in [-0.2, 0) is 11.2 Å². The predicted octanol–water partition coefficient (Wildman–Crippen LogP) is 4.47. The van der Waals surface area contributed by atoms with E-state index in [-0.39, 0.29) is 17.7 Å². The summed E-state index contributed by atoms with van der Waals surface area (Å²) in [5, 5.41) is 4.20. The highest BCUT2D eigenvalue weighted by atomic mass is 35.5. The van der Waals surface area contributed by atoms with Gasteiger partial charge in [0.2, 0.25) is 5.91 Å². The van der Waals surface area contributed by atoms with Crippen molar-refractivity contribution < 1.29 is 14.0 Å². The summed E-state index contributed by atoms with van der Waals surface area (Å²) in [6.07, 6.45) is 6.98. The van der Waals surface area contributed by atoms with Gasteiger partial charge in [-0.3, -0.25) is 9.59 Å². The molecule has 4 rings (SSSR count). The summed E-state index contributed by atoms with van der Waals surface area (Å²) in [6, 6.07) is 9.33. The topological polar surface area (TPSA) is 75.4 Å². The highest BCUT2D eigenvalue weighted by Gasteiger charge is 2.29. The zero-order chi connectivity index (χ0) is 20.2. The molecular weight excluding hydrogens is 410 g/mol. The highest BCUT2D eigenvalue weighted by Crippen LogP contribution is 2.25. The number of rotatable bonds is 5. The summed E-state index contributed by atoms with van der Waals surface area (Å²) in [7, 11) is 0. The minimum Gasteiger partial charge on any atom is -0.472 e. The number of nitrogens with one attached hydrogen (secondary N) is 1. The van der Waals surface area contributed by atoms with Crippen LogP contribution in [0.3, 0.4) is 0 Å². The number of benzene rings is 1. The molecule has 0 bridgehead atoms. The van der Waals surface area contributed by atoms with Gasteiger partial charge < -0.3 is 14.6 Å². The molecule has 0 radical (unpaired) electrons. The number of aromatic nitrogens is 1. The molecule has 150 valence electrons. The molecule has 0 saturated carbocycles. The fourth-order valence-electron chi connectivity index (χ4n) is 3.40. The monoisotopic (exact) mass is 429 g/mol. The van der Waals surface area contributed by atoms with Gasteiger partial charge in [-0.15, -0.1) is 11.3 Å². The second-order valence-corrected chi connectivity index (χ2v) is 8.58. The third-order valence-corrected chi connectivity index (χ3v) is 6.09. The molecule has 1 atom stereocenters. The van der Waals surface area contributed by atoms with Crippen LogP contribution in [0.25, 0.3) is 0 Å². The van der Waals surface area contributed by atoms with Crippen molar-refractivity contribution in [3.05, 3.63) is 70.1 Å². The van der Waals surface area contributed by atoms with E-state index in [0.717, 1.165) is 29.7 Å². The third kappa shape index (κ3) is 4.86. The van der Waals surface area contributed by atoms with E-state index in [0.29, 0.717) is 28.8 Å². The minimum atomic E-state index is -0.247. The molecule has 3 aromatic rings. The molecule has 0 spiro atoms. The number of nitrogens with zero attached hydrogens (tertiary/aromatic N) is 2. The summed E-state index contributed by atoms with van der Waals surface area (Å²) in [6.45, 7) is 1.05. The van der Waals surface area contributed by atoms with E-state index in [2.05, 4.69) is 10.3 Å². The van der Waals surface area contributed by atoms with Crippen molar-refractivity contribution in [2.45, 2.75) is 19.3 Å². The fourth-order valence-corrected chi connectivity index (χ4v) is 4.38. The molecule has 1 fully saturated rings. The maximum absolute atomic E-state index is 12.7. The lowest BCUT2D eigenvalue weighted by atomic mass is 9.97. The van der Waals surface area contributed by atoms with E-state index in [4.69, 9.17) is 16.0 Å². The van der Waals surface area contributed by atoms with Gasteiger partial charge in [0.1, 0.15) is 6.26 Å². The molecule has 29 heavy (non-hydrogen) atoms. The van der Waals surface area contributed by atoms with Crippen LogP contribution in [0.1, 0.15) is 33.6 Å². The number of likely N-dealkylation sites (tertiary alicyclic amines) is 1. The van der Waals surface area contributed by atoms with E-state index in [1.165, 1.54) is 23.9 Å². The van der Waals surface area contributed by atoms with Crippen molar-refractivity contribution in [3.63, 3.8) is 0 Å². The first-order chi connectivity index (χ1) is 14.1. The van der Waals surface area contributed by atoms with Gasteiger partial charge >= 0.3 is 0 Å². The Hall–Kier alpha value is -2.64. The van der Waals surface area contributed by atoms with Crippen LogP contribution < -0.4 is 5.32 Å². The second kappa shape index (κ2) is 8.80. The molecule has 6 nitrogen and oxygen atoms in total. The smallest absolute Gasteiger partial charge is 0.257 e. The van der Waals surface area contributed by atoms with Gasteiger partial charge in [-0.05, 0) is 36.6 Å². The Bertz CT molecular complexity index is 985. The van der Waals surface area contributed by atoms with E-state index < -0.39 is 0 Å². The number of hydrogen-bond donors (Lipinski definition) is 1. The van der Waals surface area contributed by atoms with Crippen LogP contribution in [0.2, 0.25) is 5.02 Å². The lowest BCUT2D eigenvalue weighted by Gasteiger charge is -2.31. The van der Waals surface area contributed by atoms with Crippen LogP contribution in [0.5, 0.6) is 0 Å².